The third-order valence-electron chi connectivity index (χ3n) is 4.31. The molecular weight excluding hydrogens is 302 g/mol. The monoisotopic (exact) mass is 325 g/mol. The number of hydrogen-bond donors (Lipinski definition) is 0. The lowest BCUT2D eigenvalue weighted by Gasteiger charge is -2.24. The third-order valence-corrected chi connectivity index (χ3v) is 4.31. The van der Waals surface area contributed by atoms with Gasteiger partial charge in [0, 0.05) is 13.6 Å². The number of hydrogen-bond acceptors (Lipinski definition) is 3. The molecule has 3 rings (SSSR count). The predicted octanol–water partition coefficient (Wildman–Crippen LogP) is 3.61. The summed E-state index contributed by atoms with van der Waals surface area (Å²) < 4.78 is 11.2. The van der Waals surface area contributed by atoms with Crippen LogP contribution in [0.3, 0.4) is 0 Å². The number of rotatable bonds is 5. The first kappa shape index (κ1) is 16.4. The summed E-state index contributed by atoms with van der Waals surface area (Å²) in [6.07, 6.45) is 0.786. The summed E-state index contributed by atoms with van der Waals surface area (Å²) >= 11 is 0. The molecule has 1 unspecified atom stereocenters. The smallest absolute Gasteiger partial charge is 0.230 e. The minimum absolute atomic E-state index is 0.103. The van der Waals surface area contributed by atoms with Gasteiger partial charge >= 0.3 is 0 Å². The van der Waals surface area contributed by atoms with Crippen LogP contribution < -0.4 is 9.47 Å². The van der Waals surface area contributed by atoms with E-state index in [1.165, 1.54) is 0 Å². The predicted molar refractivity (Wildman–Crippen MR) is 93.4 cm³/mol. The van der Waals surface area contributed by atoms with E-state index in [-0.39, 0.29) is 11.8 Å². The van der Waals surface area contributed by atoms with Crippen molar-refractivity contribution < 1.29 is 14.3 Å². The normalized spacial score (nSPS) is 14.1. The molecule has 1 aliphatic heterocycles. The van der Waals surface area contributed by atoms with Gasteiger partial charge in [-0.3, -0.25) is 4.79 Å². The van der Waals surface area contributed by atoms with Gasteiger partial charge in [0.15, 0.2) is 11.5 Å². The average molecular weight is 325 g/mol. The first-order valence-electron chi connectivity index (χ1n) is 8.37. The van der Waals surface area contributed by atoms with Gasteiger partial charge in [0.1, 0.15) is 13.2 Å². The van der Waals surface area contributed by atoms with Gasteiger partial charge in [0.05, 0.1) is 5.92 Å². The van der Waals surface area contributed by atoms with Crippen LogP contribution >= 0.6 is 0 Å². The quantitative estimate of drug-likeness (QED) is 0.843. The van der Waals surface area contributed by atoms with E-state index in [1.54, 1.807) is 4.90 Å². The van der Waals surface area contributed by atoms with Crippen LogP contribution in [0.15, 0.2) is 48.5 Å². The number of benzene rings is 2. The summed E-state index contributed by atoms with van der Waals surface area (Å²) in [7, 11) is 1.85. The summed E-state index contributed by atoms with van der Waals surface area (Å²) in [6.45, 7) is 3.75. The molecule has 4 heteroatoms. The standard InChI is InChI=1S/C20H23NO3/c1-3-17(16-7-5-4-6-8-16)20(22)21(2)14-15-9-10-18-19(13-15)24-12-11-23-18/h4-10,13,17H,3,11-12,14H2,1-2H3. The van der Waals surface area contributed by atoms with Crippen LogP contribution in [-0.4, -0.2) is 31.1 Å². The molecule has 24 heavy (non-hydrogen) atoms. The second kappa shape index (κ2) is 7.39. The molecule has 126 valence electrons. The summed E-state index contributed by atoms with van der Waals surface area (Å²) in [6, 6.07) is 15.8. The molecular formula is C20H23NO3. The summed E-state index contributed by atoms with van der Waals surface area (Å²) in [5, 5.41) is 0. The molecule has 0 aromatic heterocycles. The zero-order valence-corrected chi connectivity index (χ0v) is 14.2. The van der Waals surface area contributed by atoms with Gasteiger partial charge in [-0.25, -0.2) is 0 Å². The fourth-order valence-electron chi connectivity index (χ4n) is 3.04. The fraction of sp³-hybridized carbons (Fsp3) is 0.350. The van der Waals surface area contributed by atoms with E-state index in [1.807, 2.05) is 62.5 Å². The molecule has 0 aliphatic carbocycles. The van der Waals surface area contributed by atoms with Gasteiger partial charge in [-0.15, -0.1) is 0 Å². The Bertz CT molecular complexity index is 699. The van der Waals surface area contributed by atoms with Gasteiger partial charge in [0.25, 0.3) is 0 Å². The maximum absolute atomic E-state index is 12.8. The molecule has 0 saturated heterocycles. The molecule has 1 atom stereocenters. The highest BCUT2D eigenvalue weighted by molar-refractivity contribution is 5.83. The summed E-state index contributed by atoms with van der Waals surface area (Å²) in [5.74, 6) is 1.57. The molecule has 0 radical (unpaired) electrons. The van der Waals surface area contributed by atoms with Crippen LogP contribution in [0, 0.1) is 0 Å². The minimum atomic E-state index is -0.103. The Morgan fingerprint density at radius 2 is 1.79 bits per heavy atom. The highest BCUT2D eigenvalue weighted by atomic mass is 16.6. The first-order valence-corrected chi connectivity index (χ1v) is 8.37. The zero-order valence-electron chi connectivity index (χ0n) is 14.2. The van der Waals surface area contributed by atoms with Crippen molar-refractivity contribution in [3.63, 3.8) is 0 Å². The van der Waals surface area contributed by atoms with Crippen molar-refractivity contribution >= 4 is 5.91 Å². The van der Waals surface area contributed by atoms with E-state index in [0.717, 1.165) is 29.0 Å². The van der Waals surface area contributed by atoms with E-state index >= 15 is 0 Å². The number of nitrogens with zero attached hydrogens (tertiary/aromatic N) is 1. The van der Waals surface area contributed by atoms with Crippen LogP contribution in [0.4, 0.5) is 0 Å². The van der Waals surface area contributed by atoms with Gasteiger partial charge in [-0.2, -0.15) is 0 Å². The van der Waals surface area contributed by atoms with Gasteiger partial charge in [-0.1, -0.05) is 43.3 Å². The Hall–Kier alpha value is -2.49. The molecule has 0 spiro atoms. The van der Waals surface area contributed by atoms with Gasteiger partial charge < -0.3 is 14.4 Å². The van der Waals surface area contributed by atoms with Crippen LogP contribution in [0.1, 0.15) is 30.4 Å². The van der Waals surface area contributed by atoms with E-state index in [0.29, 0.717) is 19.8 Å². The number of carbonyl (C=O) groups is 1. The number of carbonyl (C=O) groups excluding carboxylic acids is 1. The minimum Gasteiger partial charge on any atom is -0.486 e. The molecule has 4 nitrogen and oxygen atoms in total. The fourth-order valence-corrected chi connectivity index (χ4v) is 3.04. The van der Waals surface area contributed by atoms with Crippen molar-refractivity contribution in [3.05, 3.63) is 59.7 Å². The number of ether oxygens (including phenoxy) is 2. The highest BCUT2D eigenvalue weighted by Gasteiger charge is 2.22. The molecule has 0 fully saturated rings. The topological polar surface area (TPSA) is 38.8 Å². The average Bonchev–Trinajstić information content (AvgIpc) is 2.63. The Morgan fingerprint density at radius 3 is 2.50 bits per heavy atom. The van der Waals surface area contributed by atoms with Crippen molar-refractivity contribution in [2.24, 2.45) is 0 Å². The van der Waals surface area contributed by atoms with E-state index in [9.17, 15) is 4.79 Å². The van der Waals surface area contributed by atoms with Crippen molar-refractivity contribution in [2.75, 3.05) is 20.3 Å². The lowest BCUT2D eigenvalue weighted by atomic mass is 9.95. The van der Waals surface area contributed by atoms with E-state index < -0.39 is 0 Å². The van der Waals surface area contributed by atoms with Crippen LogP contribution in [0.5, 0.6) is 11.5 Å². The molecule has 0 bridgehead atoms. The van der Waals surface area contributed by atoms with Crippen molar-refractivity contribution in [2.45, 2.75) is 25.8 Å². The number of likely N-dealkylation sites (N-methyl/N-ethyl adjacent to an activating group) is 1. The summed E-state index contributed by atoms with van der Waals surface area (Å²) in [4.78, 5) is 14.6. The second-order valence-corrected chi connectivity index (χ2v) is 6.04. The van der Waals surface area contributed by atoms with Crippen LogP contribution in [-0.2, 0) is 11.3 Å². The molecule has 1 heterocycles. The lowest BCUT2D eigenvalue weighted by Crippen LogP contribution is -2.31. The Morgan fingerprint density at radius 1 is 1.08 bits per heavy atom. The molecule has 0 N–H and O–H groups in total. The molecule has 1 aliphatic rings. The zero-order chi connectivity index (χ0) is 16.9. The second-order valence-electron chi connectivity index (χ2n) is 6.04. The van der Waals surface area contributed by atoms with E-state index in [2.05, 4.69) is 0 Å². The Kier molecular flexibility index (Phi) is 5.04. The maximum Gasteiger partial charge on any atom is 0.230 e. The van der Waals surface area contributed by atoms with Gasteiger partial charge in [0.2, 0.25) is 5.91 Å². The van der Waals surface area contributed by atoms with Gasteiger partial charge in [-0.05, 0) is 29.7 Å². The SMILES string of the molecule is CCC(C(=O)N(C)Cc1ccc2c(c1)OCCO2)c1ccccc1. The third kappa shape index (κ3) is 3.53. The molecule has 2 aromatic rings. The van der Waals surface area contributed by atoms with Crippen molar-refractivity contribution in [1.29, 1.82) is 0 Å². The molecule has 1 amide bonds. The molecule has 2 aromatic carbocycles. The van der Waals surface area contributed by atoms with Crippen LogP contribution in [0.2, 0.25) is 0 Å². The van der Waals surface area contributed by atoms with Crippen LogP contribution in [0.25, 0.3) is 0 Å². The van der Waals surface area contributed by atoms with Crippen molar-refractivity contribution in [1.82, 2.24) is 4.90 Å². The van der Waals surface area contributed by atoms with Crippen molar-refractivity contribution in [3.8, 4) is 11.5 Å². The lowest BCUT2D eigenvalue weighted by molar-refractivity contribution is -0.132. The summed E-state index contributed by atoms with van der Waals surface area (Å²) in [5.41, 5.74) is 2.11. The molecule has 0 saturated carbocycles. The number of fused-ring (bicyclic) bond motifs is 1. The Labute approximate surface area is 143 Å². The Balaban J connectivity index is 1.71. The van der Waals surface area contributed by atoms with E-state index in [4.69, 9.17) is 9.47 Å². The first-order chi connectivity index (χ1) is 11.7. The largest absolute Gasteiger partial charge is 0.486 e. The highest BCUT2D eigenvalue weighted by Crippen LogP contribution is 2.31. The number of amides is 1. The maximum atomic E-state index is 12.8.